The maximum Gasteiger partial charge on any atom is 0.264 e. The minimum absolute atomic E-state index is 0.0147. The third-order valence-corrected chi connectivity index (χ3v) is 4.45. The number of aromatic nitrogens is 2. The Bertz CT molecular complexity index is 813. The highest BCUT2D eigenvalue weighted by atomic mass is 35.5. The summed E-state index contributed by atoms with van der Waals surface area (Å²) in [7, 11) is -4.19. The van der Waals surface area contributed by atoms with Gasteiger partial charge in [-0.05, 0) is 12.1 Å². The van der Waals surface area contributed by atoms with Crippen molar-refractivity contribution in [2.75, 3.05) is 4.72 Å². The van der Waals surface area contributed by atoms with Gasteiger partial charge in [-0.2, -0.15) is 10.4 Å². The van der Waals surface area contributed by atoms with Crippen LogP contribution in [0.15, 0.2) is 23.2 Å². The molecule has 1 heterocycles. The second-order valence-electron chi connectivity index (χ2n) is 3.55. The quantitative estimate of drug-likeness (QED) is 0.842. The van der Waals surface area contributed by atoms with Gasteiger partial charge in [0.25, 0.3) is 10.0 Å². The first-order valence-corrected chi connectivity index (χ1v) is 7.20. The number of nitrogens with one attached hydrogen (secondary N) is 2. The van der Waals surface area contributed by atoms with Crippen LogP contribution >= 0.6 is 23.2 Å². The van der Waals surface area contributed by atoms with Crippen molar-refractivity contribution in [1.82, 2.24) is 10.2 Å². The number of hydrogen-bond donors (Lipinski definition) is 2. The molecule has 2 N–H and O–H groups in total. The highest BCUT2D eigenvalue weighted by molar-refractivity contribution is 7.92. The number of nitriles is 1. The molecule has 6 nitrogen and oxygen atoms in total. The van der Waals surface area contributed by atoms with Gasteiger partial charge in [0.1, 0.15) is 16.5 Å². The molecule has 0 radical (unpaired) electrons. The van der Waals surface area contributed by atoms with Crippen LogP contribution in [0.5, 0.6) is 0 Å². The van der Waals surface area contributed by atoms with Gasteiger partial charge < -0.3 is 0 Å². The van der Waals surface area contributed by atoms with Crippen LogP contribution in [0.3, 0.4) is 0 Å². The van der Waals surface area contributed by atoms with Crippen LogP contribution < -0.4 is 4.72 Å². The first-order valence-electron chi connectivity index (χ1n) is 4.96. The minimum Gasteiger partial charge on any atom is -0.263 e. The predicted octanol–water partition coefficient (Wildman–Crippen LogP) is 2.53. The fourth-order valence-electron chi connectivity index (χ4n) is 1.35. The van der Waals surface area contributed by atoms with Gasteiger partial charge in [-0.3, -0.25) is 9.82 Å². The van der Waals surface area contributed by atoms with Crippen LogP contribution in [0, 0.1) is 17.1 Å². The van der Waals surface area contributed by atoms with Crippen molar-refractivity contribution in [3.05, 3.63) is 39.8 Å². The van der Waals surface area contributed by atoms with E-state index < -0.39 is 25.8 Å². The summed E-state index contributed by atoms with van der Waals surface area (Å²) in [4.78, 5) is -0.500. The number of H-pyrrole nitrogens is 1. The van der Waals surface area contributed by atoms with Gasteiger partial charge in [0.05, 0.1) is 16.2 Å². The third-order valence-electron chi connectivity index (χ3n) is 2.29. The van der Waals surface area contributed by atoms with E-state index in [2.05, 4.69) is 14.9 Å². The maximum atomic E-state index is 13.5. The van der Waals surface area contributed by atoms with Crippen molar-refractivity contribution in [2.45, 2.75) is 4.90 Å². The highest BCUT2D eigenvalue weighted by Crippen LogP contribution is 2.30. The molecule has 2 rings (SSSR count). The van der Waals surface area contributed by atoms with E-state index in [0.29, 0.717) is 0 Å². The lowest BCUT2D eigenvalue weighted by atomic mass is 10.3. The Morgan fingerprint density at radius 3 is 2.75 bits per heavy atom. The van der Waals surface area contributed by atoms with Crippen molar-refractivity contribution < 1.29 is 12.8 Å². The van der Waals surface area contributed by atoms with Crippen LogP contribution in [-0.4, -0.2) is 18.6 Å². The number of nitrogens with zero attached hydrogens (tertiary/aromatic N) is 2. The van der Waals surface area contributed by atoms with Crippen molar-refractivity contribution in [2.24, 2.45) is 0 Å². The van der Waals surface area contributed by atoms with Gasteiger partial charge in [-0.25, -0.2) is 12.8 Å². The molecular weight excluding hydrogens is 330 g/mol. The summed E-state index contributed by atoms with van der Waals surface area (Å²) in [6.45, 7) is 0. The topological polar surface area (TPSA) is 98.6 Å². The first-order chi connectivity index (χ1) is 9.36. The second-order valence-corrected chi connectivity index (χ2v) is 5.99. The lowest BCUT2D eigenvalue weighted by molar-refractivity contribution is 0.595. The molecule has 0 fully saturated rings. The zero-order valence-electron chi connectivity index (χ0n) is 9.49. The number of hydrogen-bond acceptors (Lipinski definition) is 4. The summed E-state index contributed by atoms with van der Waals surface area (Å²) in [5, 5.41) is 13.7. The van der Waals surface area contributed by atoms with E-state index in [9.17, 15) is 12.8 Å². The molecule has 1 aromatic carbocycles. The number of rotatable bonds is 3. The molecule has 0 bridgehead atoms. The Balaban J connectivity index is 2.47. The third kappa shape index (κ3) is 2.56. The van der Waals surface area contributed by atoms with Crippen molar-refractivity contribution >= 4 is 39.0 Å². The average Bonchev–Trinajstić information content (AvgIpc) is 2.82. The van der Waals surface area contributed by atoms with Gasteiger partial charge in [0, 0.05) is 0 Å². The van der Waals surface area contributed by atoms with E-state index in [0.717, 1.165) is 18.3 Å². The fraction of sp³-hybridized carbons (Fsp3) is 0. The average molecular weight is 335 g/mol. The summed E-state index contributed by atoms with van der Waals surface area (Å²) in [6, 6.07) is 3.85. The van der Waals surface area contributed by atoms with E-state index in [1.807, 2.05) is 0 Å². The fourth-order valence-corrected chi connectivity index (χ4v) is 3.14. The first kappa shape index (κ1) is 14.6. The van der Waals surface area contributed by atoms with Gasteiger partial charge in [-0.15, -0.1) is 0 Å². The van der Waals surface area contributed by atoms with Crippen LogP contribution in [-0.2, 0) is 10.0 Å². The molecule has 10 heteroatoms. The molecule has 20 heavy (non-hydrogen) atoms. The summed E-state index contributed by atoms with van der Waals surface area (Å²) in [5.41, 5.74) is -0.0147. The van der Waals surface area contributed by atoms with E-state index in [4.69, 9.17) is 28.5 Å². The number of halogens is 3. The predicted molar refractivity (Wildman–Crippen MR) is 70.5 cm³/mol. The van der Waals surface area contributed by atoms with Crippen molar-refractivity contribution in [3.8, 4) is 6.07 Å². The standard InChI is InChI=1S/C10H5Cl2FN4O2S/c11-6-1-2-7(8(12)9(6)13)20(18,19)17-10-5(3-14)4-15-16-10/h1-2,4H,(H2,15,16,17). The van der Waals surface area contributed by atoms with Crippen molar-refractivity contribution in [1.29, 1.82) is 5.26 Å². The van der Waals surface area contributed by atoms with Gasteiger partial charge in [0.2, 0.25) is 0 Å². The smallest absolute Gasteiger partial charge is 0.263 e. The Morgan fingerprint density at radius 2 is 2.10 bits per heavy atom. The number of aromatic amines is 1. The number of benzene rings is 1. The van der Waals surface area contributed by atoms with Crippen LogP contribution in [0.2, 0.25) is 10.0 Å². The molecule has 0 saturated heterocycles. The van der Waals surface area contributed by atoms with Crippen molar-refractivity contribution in [3.63, 3.8) is 0 Å². The lowest BCUT2D eigenvalue weighted by Crippen LogP contribution is -2.15. The Morgan fingerprint density at radius 1 is 1.40 bits per heavy atom. The van der Waals surface area contributed by atoms with E-state index in [-0.39, 0.29) is 16.4 Å². The highest BCUT2D eigenvalue weighted by Gasteiger charge is 2.23. The lowest BCUT2D eigenvalue weighted by Gasteiger charge is -2.09. The molecule has 0 amide bonds. The summed E-state index contributed by atoms with van der Waals surface area (Å²) < 4.78 is 39.8. The largest absolute Gasteiger partial charge is 0.264 e. The molecule has 0 spiro atoms. The van der Waals surface area contributed by atoms with E-state index >= 15 is 0 Å². The Labute approximate surface area is 123 Å². The van der Waals surface area contributed by atoms with Gasteiger partial charge in [0.15, 0.2) is 11.6 Å². The monoisotopic (exact) mass is 334 g/mol. The van der Waals surface area contributed by atoms with E-state index in [1.165, 1.54) is 0 Å². The van der Waals surface area contributed by atoms with E-state index in [1.54, 1.807) is 6.07 Å². The number of sulfonamides is 1. The normalized spacial score (nSPS) is 11.1. The molecule has 0 atom stereocenters. The molecule has 0 aliphatic rings. The molecule has 0 aliphatic heterocycles. The SMILES string of the molecule is N#Cc1cn[nH]c1NS(=O)(=O)c1ccc(Cl)c(F)c1Cl. The zero-order valence-corrected chi connectivity index (χ0v) is 11.8. The van der Waals surface area contributed by atoms with Gasteiger partial charge in [-0.1, -0.05) is 23.2 Å². The second kappa shape index (κ2) is 5.28. The molecule has 2 aromatic rings. The molecule has 0 unspecified atom stereocenters. The number of anilines is 1. The molecule has 104 valence electrons. The molecule has 0 saturated carbocycles. The maximum absolute atomic E-state index is 13.5. The van der Waals surface area contributed by atoms with Crippen LogP contribution in [0.25, 0.3) is 0 Å². The van der Waals surface area contributed by atoms with Gasteiger partial charge >= 0.3 is 0 Å². The summed E-state index contributed by atoms with van der Waals surface area (Å²) in [5.74, 6) is -1.18. The van der Waals surface area contributed by atoms with Crippen LogP contribution in [0.1, 0.15) is 5.56 Å². The molecule has 0 aliphatic carbocycles. The minimum atomic E-state index is -4.19. The zero-order chi connectivity index (χ0) is 14.9. The Kier molecular flexibility index (Phi) is 3.85. The van der Waals surface area contributed by atoms with Crippen LogP contribution in [0.4, 0.5) is 10.2 Å². The summed E-state index contributed by atoms with van der Waals surface area (Å²) in [6.07, 6.45) is 1.14. The summed E-state index contributed by atoms with van der Waals surface area (Å²) >= 11 is 11.1. The molecule has 1 aromatic heterocycles. The Hall–Kier alpha value is -1.82. The molecular formula is C10H5Cl2FN4O2S.